The van der Waals surface area contributed by atoms with E-state index in [1.165, 1.54) is 18.2 Å². The van der Waals surface area contributed by atoms with Gasteiger partial charge in [0.15, 0.2) is 0 Å². The predicted molar refractivity (Wildman–Crippen MR) is 109 cm³/mol. The number of imidazole rings is 1. The second kappa shape index (κ2) is 7.26. The molecule has 1 spiro atoms. The number of hydrogen-bond donors (Lipinski definition) is 1. The van der Waals surface area contributed by atoms with Crippen molar-refractivity contribution >= 4 is 34.0 Å². The van der Waals surface area contributed by atoms with E-state index in [1.54, 1.807) is 24.2 Å². The number of amides is 1. The van der Waals surface area contributed by atoms with E-state index in [-0.39, 0.29) is 16.8 Å². The van der Waals surface area contributed by atoms with Crippen molar-refractivity contribution in [2.45, 2.75) is 31.6 Å². The van der Waals surface area contributed by atoms with Gasteiger partial charge in [0.2, 0.25) is 0 Å². The number of halogens is 2. The number of rotatable bonds is 5. The fraction of sp³-hybridized carbons (Fsp3) is 0.500. The van der Waals surface area contributed by atoms with Crippen LogP contribution in [-0.4, -0.2) is 31.7 Å². The standard InChI is InChI=1S/C20H23ClFN3O2S/c1-25-11-23-17(13-8-20(9-13)6-12(7-20)10-28(2)27)18(25)19(26)24-14-3-4-16(22)15(21)5-14/h3-5,11-13H,6-10H2,1-2H3,(H,24,26). The van der Waals surface area contributed by atoms with Gasteiger partial charge in [-0.15, -0.1) is 0 Å². The average molecular weight is 424 g/mol. The van der Waals surface area contributed by atoms with Gasteiger partial charge in [0.1, 0.15) is 11.5 Å². The van der Waals surface area contributed by atoms with E-state index in [9.17, 15) is 13.4 Å². The average Bonchev–Trinajstić information content (AvgIpc) is 2.93. The van der Waals surface area contributed by atoms with Gasteiger partial charge in [-0.2, -0.15) is 0 Å². The molecule has 5 nitrogen and oxygen atoms in total. The Hall–Kier alpha value is -1.73. The molecule has 1 N–H and O–H groups in total. The number of anilines is 1. The van der Waals surface area contributed by atoms with Gasteiger partial charge in [-0.25, -0.2) is 9.37 Å². The SMILES string of the molecule is Cn1cnc(C2CC3(CC(CS(C)=O)C3)C2)c1C(=O)Nc1ccc(F)c(Cl)c1. The summed E-state index contributed by atoms with van der Waals surface area (Å²) in [5, 5.41) is 2.76. The van der Waals surface area contributed by atoms with Gasteiger partial charge in [0.25, 0.3) is 5.91 Å². The molecule has 1 unspecified atom stereocenters. The molecule has 1 aromatic carbocycles. The van der Waals surface area contributed by atoms with Crippen LogP contribution in [0.4, 0.5) is 10.1 Å². The first-order chi connectivity index (χ1) is 13.3. The van der Waals surface area contributed by atoms with Crippen LogP contribution in [0.5, 0.6) is 0 Å². The highest BCUT2D eigenvalue weighted by molar-refractivity contribution is 7.84. The highest BCUT2D eigenvalue weighted by Gasteiger charge is 2.54. The first-order valence-corrected chi connectivity index (χ1v) is 11.4. The fourth-order valence-electron chi connectivity index (χ4n) is 4.91. The molecule has 1 aromatic heterocycles. The first-order valence-electron chi connectivity index (χ1n) is 9.34. The normalized spacial score (nSPS) is 27.1. The van der Waals surface area contributed by atoms with Crippen LogP contribution in [0.3, 0.4) is 0 Å². The van der Waals surface area contributed by atoms with Crippen molar-refractivity contribution in [3.8, 4) is 0 Å². The maximum Gasteiger partial charge on any atom is 0.274 e. The number of aromatic nitrogens is 2. The van der Waals surface area contributed by atoms with Gasteiger partial charge in [0.05, 0.1) is 17.0 Å². The molecule has 2 saturated carbocycles. The van der Waals surface area contributed by atoms with E-state index in [4.69, 9.17) is 11.6 Å². The van der Waals surface area contributed by atoms with Crippen LogP contribution in [0.25, 0.3) is 0 Å². The monoisotopic (exact) mass is 423 g/mol. The topological polar surface area (TPSA) is 64.0 Å². The van der Waals surface area contributed by atoms with Crippen molar-refractivity contribution in [2.24, 2.45) is 18.4 Å². The van der Waals surface area contributed by atoms with Crippen LogP contribution in [0, 0.1) is 17.2 Å². The second-order valence-corrected chi connectivity index (χ2v) is 10.2. The number of nitrogens with zero attached hydrogens (tertiary/aromatic N) is 2. The minimum Gasteiger partial charge on any atom is -0.329 e. The Balaban J connectivity index is 1.43. The van der Waals surface area contributed by atoms with E-state index in [1.807, 2.05) is 0 Å². The van der Waals surface area contributed by atoms with E-state index in [0.29, 0.717) is 22.7 Å². The lowest BCUT2D eigenvalue weighted by Crippen LogP contribution is -2.48. The minimum atomic E-state index is -0.731. The van der Waals surface area contributed by atoms with Crippen LogP contribution >= 0.6 is 11.6 Å². The smallest absolute Gasteiger partial charge is 0.274 e. The van der Waals surface area contributed by atoms with Crippen molar-refractivity contribution < 1.29 is 13.4 Å². The van der Waals surface area contributed by atoms with Gasteiger partial charge < -0.3 is 9.88 Å². The molecule has 2 aliphatic rings. The van der Waals surface area contributed by atoms with Crippen molar-refractivity contribution in [1.82, 2.24) is 9.55 Å². The van der Waals surface area contributed by atoms with Crippen LogP contribution in [-0.2, 0) is 17.8 Å². The molecule has 150 valence electrons. The van der Waals surface area contributed by atoms with Crippen molar-refractivity contribution in [3.63, 3.8) is 0 Å². The van der Waals surface area contributed by atoms with Gasteiger partial charge in [-0.1, -0.05) is 11.6 Å². The number of hydrogen-bond acceptors (Lipinski definition) is 3. The second-order valence-electron chi connectivity index (χ2n) is 8.29. The third-order valence-electron chi connectivity index (χ3n) is 6.02. The molecule has 2 aromatic rings. The maximum absolute atomic E-state index is 13.3. The van der Waals surface area contributed by atoms with E-state index < -0.39 is 16.6 Å². The van der Waals surface area contributed by atoms with Gasteiger partial charge >= 0.3 is 0 Å². The highest BCUT2D eigenvalue weighted by Crippen LogP contribution is 2.64. The van der Waals surface area contributed by atoms with Crippen LogP contribution in [0.1, 0.15) is 47.8 Å². The third-order valence-corrected chi connectivity index (χ3v) is 7.25. The summed E-state index contributed by atoms with van der Waals surface area (Å²) < 4.78 is 26.4. The summed E-state index contributed by atoms with van der Waals surface area (Å²) in [6, 6.07) is 4.11. The third kappa shape index (κ3) is 3.62. The summed E-state index contributed by atoms with van der Waals surface area (Å²) >= 11 is 5.80. The summed E-state index contributed by atoms with van der Waals surface area (Å²) in [6.45, 7) is 0. The molecule has 28 heavy (non-hydrogen) atoms. The lowest BCUT2D eigenvalue weighted by molar-refractivity contribution is -0.0337. The zero-order chi connectivity index (χ0) is 20.1. The van der Waals surface area contributed by atoms with Crippen LogP contribution in [0.2, 0.25) is 5.02 Å². The Morgan fingerprint density at radius 1 is 1.39 bits per heavy atom. The molecule has 1 amide bonds. The number of nitrogens with one attached hydrogen (secondary N) is 1. The largest absolute Gasteiger partial charge is 0.329 e. The lowest BCUT2D eigenvalue weighted by atomic mass is 9.48. The molecule has 0 saturated heterocycles. The molecule has 1 heterocycles. The molecule has 2 fully saturated rings. The van der Waals surface area contributed by atoms with Crippen molar-refractivity contribution in [3.05, 3.63) is 46.8 Å². The molecule has 0 bridgehead atoms. The number of aryl methyl sites for hydroxylation is 1. The number of benzene rings is 1. The minimum absolute atomic E-state index is 0.0310. The van der Waals surface area contributed by atoms with E-state index >= 15 is 0 Å². The molecule has 1 atom stereocenters. The van der Waals surface area contributed by atoms with Crippen LogP contribution in [0.15, 0.2) is 24.5 Å². The summed E-state index contributed by atoms with van der Waals surface area (Å²) in [5.41, 5.74) is 2.15. The highest BCUT2D eigenvalue weighted by atomic mass is 35.5. The Labute approximate surface area is 171 Å². The van der Waals surface area contributed by atoms with Gasteiger partial charge in [-0.3, -0.25) is 9.00 Å². The molecule has 0 radical (unpaired) electrons. The lowest BCUT2D eigenvalue weighted by Gasteiger charge is -2.57. The fourth-order valence-corrected chi connectivity index (χ4v) is 5.99. The molecule has 0 aliphatic heterocycles. The van der Waals surface area contributed by atoms with Crippen molar-refractivity contribution in [1.29, 1.82) is 0 Å². The number of carbonyl (C=O) groups is 1. The summed E-state index contributed by atoms with van der Waals surface area (Å²) in [5.74, 6) is 0.843. The Morgan fingerprint density at radius 3 is 2.75 bits per heavy atom. The molecular weight excluding hydrogens is 401 g/mol. The molecule has 4 rings (SSSR count). The van der Waals surface area contributed by atoms with E-state index in [0.717, 1.165) is 37.1 Å². The quantitative estimate of drug-likeness (QED) is 0.786. The Kier molecular flexibility index (Phi) is 5.08. The first kappa shape index (κ1) is 19.6. The predicted octanol–water partition coefficient (Wildman–Crippen LogP) is 4.12. The molecule has 2 aliphatic carbocycles. The summed E-state index contributed by atoms with van der Waals surface area (Å²) in [7, 11) is 1.07. The van der Waals surface area contributed by atoms with Gasteiger partial charge in [-0.05, 0) is 55.2 Å². The van der Waals surface area contributed by atoms with Crippen LogP contribution < -0.4 is 5.32 Å². The number of carbonyl (C=O) groups excluding carboxylic acids is 1. The summed E-state index contributed by atoms with van der Waals surface area (Å²) in [4.78, 5) is 17.3. The molecule has 8 heteroatoms. The zero-order valence-corrected chi connectivity index (χ0v) is 17.4. The maximum atomic E-state index is 13.3. The Morgan fingerprint density at radius 2 is 2.11 bits per heavy atom. The van der Waals surface area contributed by atoms with E-state index in [2.05, 4.69) is 10.3 Å². The zero-order valence-electron chi connectivity index (χ0n) is 15.9. The molecular formula is C20H23ClFN3O2S. The summed E-state index contributed by atoms with van der Waals surface area (Å²) in [6.07, 6.45) is 7.74. The Bertz CT molecular complexity index is 947. The van der Waals surface area contributed by atoms with Gasteiger partial charge in [0, 0.05) is 41.5 Å². The van der Waals surface area contributed by atoms with Crippen molar-refractivity contribution in [2.75, 3.05) is 17.3 Å².